The largest absolute Gasteiger partial charge is 0.322 e. The molecule has 0 saturated carbocycles. The van der Waals surface area contributed by atoms with Gasteiger partial charge < -0.3 is 5.32 Å². The van der Waals surface area contributed by atoms with Gasteiger partial charge >= 0.3 is 0 Å². The van der Waals surface area contributed by atoms with Gasteiger partial charge in [-0.25, -0.2) is 9.97 Å². The van der Waals surface area contributed by atoms with Gasteiger partial charge in [-0.3, -0.25) is 14.5 Å². The summed E-state index contributed by atoms with van der Waals surface area (Å²) >= 11 is 0. The van der Waals surface area contributed by atoms with E-state index in [1.165, 1.54) is 6.08 Å². The maximum Gasteiger partial charge on any atom is 0.247 e. The highest BCUT2D eigenvalue weighted by molar-refractivity contribution is 5.99. The number of nitrogens with zero attached hydrogens (tertiary/aromatic N) is 3. The molecule has 2 amide bonds. The molecule has 0 aliphatic carbocycles. The molecule has 0 fully saturated rings. The zero-order chi connectivity index (χ0) is 22.2. The highest BCUT2D eigenvalue weighted by atomic mass is 16.2. The molecule has 3 rings (SSSR count). The molecule has 0 radical (unpaired) electrons. The number of carbonyl (C=O) groups is 2. The topological polar surface area (TPSA) is 75.2 Å². The quantitative estimate of drug-likeness (QED) is 0.575. The second-order valence-corrected chi connectivity index (χ2v) is 7.96. The number of carbonyl (C=O) groups excluding carboxylic acids is 2. The van der Waals surface area contributed by atoms with Gasteiger partial charge in [-0.15, -0.1) is 0 Å². The molecule has 1 unspecified atom stereocenters. The van der Waals surface area contributed by atoms with Gasteiger partial charge in [0.15, 0.2) is 0 Å². The van der Waals surface area contributed by atoms with Crippen LogP contribution in [-0.2, 0) is 28.9 Å². The fourth-order valence-electron chi connectivity index (χ4n) is 4.07. The number of aryl methyl sites for hydroxylation is 2. The normalized spacial score (nSPS) is 15.5. The zero-order valence-corrected chi connectivity index (χ0v) is 18.6. The third-order valence-electron chi connectivity index (χ3n) is 5.76. The minimum Gasteiger partial charge on any atom is -0.322 e. The van der Waals surface area contributed by atoms with E-state index in [1.807, 2.05) is 42.3 Å². The molecule has 1 aliphatic rings. The van der Waals surface area contributed by atoms with Crippen molar-refractivity contribution in [3.05, 3.63) is 60.1 Å². The number of hydrogen-bond donors (Lipinski definition) is 1. The van der Waals surface area contributed by atoms with Crippen molar-refractivity contribution in [3.63, 3.8) is 0 Å². The van der Waals surface area contributed by atoms with Crippen molar-refractivity contribution in [2.45, 2.75) is 58.8 Å². The highest BCUT2D eigenvalue weighted by Crippen LogP contribution is 2.31. The van der Waals surface area contributed by atoms with Gasteiger partial charge in [0, 0.05) is 36.3 Å². The summed E-state index contributed by atoms with van der Waals surface area (Å²) in [6.45, 7) is 8.28. The van der Waals surface area contributed by atoms with E-state index in [1.54, 1.807) is 0 Å². The van der Waals surface area contributed by atoms with Gasteiger partial charge in [0.25, 0.3) is 0 Å². The van der Waals surface area contributed by atoms with Crippen molar-refractivity contribution < 1.29 is 9.59 Å². The maximum absolute atomic E-state index is 12.9. The highest BCUT2D eigenvalue weighted by Gasteiger charge is 2.32. The number of anilines is 2. The Morgan fingerprint density at radius 1 is 1.26 bits per heavy atom. The summed E-state index contributed by atoms with van der Waals surface area (Å²) in [4.78, 5) is 35.7. The second-order valence-electron chi connectivity index (χ2n) is 7.96. The number of benzene rings is 1. The molecule has 0 saturated heterocycles. The Labute approximate surface area is 184 Å². The average Bonchev–Trinajstić information content (AvgIpc) is 2.79. The summed E-state index contributed by atoms with van der Waals surface area (Å²) < 4.78 is 0. The maximum atomic E-state index is 12.9. The standard InChI is InChI=1S/C25H32N4O2/c1-4-7-11-19-16-20-17-26-22(28-24(20)29(6-3)25(19)31)15-10-13-18-12-8-9-14-21(18)27-23(30)5-2/h5,8-9,12,14,17,19H,2,4,6-7,10-11,13,15-16H2,1,3H3,(H,27,30). The number of rotatable bonds is 10. The Morgan fingerprint density at radius 2 is 2.06 bits per heavy atom. The molecule has 164 valence electrons. The van der Waals surface area contributed by atoms with E-state index in [9.17, 15) is 9.59 Å². The Hall–Kier alpha value is -3.02. The minimum atomic E-state index is -0.216. The Morgan fingerprint density at radius 3 is 2.81 bits per heavy atom. The first kappa shape index (κ1) is 22.7. The molecule has 6 heteroatoms. The Kier molecular flexibility index (Phi) is 7.93. The van der Waals surface area contributed by atoms with Crippen LogP contribution in [0.5, 0.6) is 0 Å². The average molecular weight is 421 g/mol. The number of amides is 2. The number of nitrogens with one attached hydrogen (secondary N) is 1. The molecule has 6 nitrogen and oxygen atoms in total. The van der Waals surface area contributed by atoms with Crippen LogP contribution in [0.1, 0.15) is 56.5 Å². The summed E-state index contributed by atoms with van der Waals surface area (Å²) in [5.74, 6) is 1.56. The zero-order valence-electron chi connectivity index (χ0n) is 18.6. The first-order valence-electron chi connectivity index (χ1n) is 11.2. The summed E-state index contributed by atoms with van der Waals surface area (Å²) in [5, 5.41) is 2.85. The summed E-state index contributed by atoms with van der Waals surface area (Å²) in [7, 11) is 0. The van der Waals surface area contributed by atoms with Gasteiger partial charge in [-0.05, 0) is 50.3 Å². The molecule has 0 bridgehead atoms. The van der Waals surface area contributed by atoms with Gasteiger partial charge in [-0.1, -0.05) is 44.5 Å². The number of aromatic nitrogens is 2. The molecule has 2 heterocycles. The SMILES string of the molecule is C=CC(=O)Nc1ccccc1CCCc1ncc2c(n1)N(CC)C(=O)C(CCCC)C2. The Balaban J connectivity index is 1.67. The van der Waals surface area contributed by atoms with E-state index in [0.717, 1.165) is 67.0 Å². The van der Waals surface area contributed by atoms with Crippen molar-refractivity contribution in [1.82, 2.24) is 9.97 Å². The van der Waals surface area contributed by atoms with Crippen molar-refractivity contribution in [2.75, 3.05) is 16.8 Å². The van der Waals surface area contributed by atoms with Crippen molar-refractivity contribution in [1.29, 1.82) is 0 Å². The third-order valence-corrected chi connectivity index (χ3v) is 5.76. The molecule has 0 spiro atoms. The van der Waals surface area contributed by atoms with Crippen LogP contribution in [0.15, 0.2) is 43.1 Å². The van der Waals surface area contributed by atoms with Gasteiger partial charge in [-0.2, -0.15) is 0 Å². The number of hydrogen-bond acceptors (Lipinski definition) is 4. The van der Waals surface area contributed by atoms with Crippen LogP contribution in [-0.4, -0.2) is 28.3 Å². The van der Waals surface area contributed by atoms with E-state index in [-0.39, 0.29) is 17.7 Å². The molecule has 2 aromatic rings. The van der Waals surface area contributed by atoms with E-state index in [0.29, 0.717) is 13.0 Å². The lowest BCUT2D eigenvalue weighted by Gasteiger charge is -2.32. The van der Waals surface area contributed by atoms with Crippen LogP contribution in [0.4, 0.5) is 11.5 Å². The van der Waals surface area contributed by atoms with Crippen LogP contribution in [0.3, 0.4) is 0 Å². The first-order chi connectivity index (χ1) is 15.1. The minimum absolute atomic E-state index is 0.0455. The summed E-state index contributed by atoms with van der Waals surface area (Å²) in [6.07, 6.45) is 9.35. The number of unbranched alkanes of at least 4 members (excludes halogenated alkanes) is 1. The monoisotopic (exact) mass is 420 g/mol. The van der Waals surface area contributed by atoms with Crippen molar-refractivity contribution in [2.24, 2.45) is 5.92 Å². The van der Waals surface area contributed by atoms with Crippen molar-refractivity contribution >= 4 is 23.3 Å². The lowest BCUT2D eigenvalue weighted by molar-refractivity contribution is -0.123. The fourth-order valence-corrected chi connectivity index (χ4v) is 4.07. The Bertz CT molecular complexity index is 941. The molecule has 31 heavy (non-hydrogen) atoms. The summed E-state index contributed by atoms with van der Waals surface area (Å²) in [6, 6.07) is 7.78. The van der Waals surface area contributed by atoms with Gasteiger partial charge in [0.1, 0.15) is 11.6 Å². The van der Waals surface area contributed by atoms with Crippen LogP contribution in [0.25, 0.3) is 0 Å². The molecule has 1 N–H and O–H groups in total. The number of para-hydroxylation sites is 1. The summed E-state index contributed by atoms with van der Waals surface area (Å²) in [5.41, 5.74) is 2.95. The molecular formula is C25H32N4O2. The predicted octanol–water partition coefficient (Wildman–Crippen LogP) is 4.49. The smallest absolute Gasteiger partial charge is 0.247 e. The third kappa shape index (κ3) is 5.57. The molecule has 1 aromatic heterocycles. The second kappa shape index (κ2) is 10.8. The van der Waals surface area contributed by atoms with E-state index in [4.69, 9.17) is 4.98 Å². The lowest BCUT2D eigenvalue weighted by Crippen LogP contribution is -2.42. The van der Waals surface area contributed by atoms with E-state index < -0.39 is 0 Å². The van der Waals surface area contributed by atoms with Crippen LogP contribution in [0.2, 0.25) is 0 Å². The van der Waals surface area contributed by atoms with Gasteiger partial charge in [0.05, 0.1) is 0 Å². The van der Waals surface area contributed by atoms with Crippen molar-refractivity contribution in [3.8, 4) is 0 Å². The predicted molar refractivity (Wildman–Crippen MR) is 124 cm³/mol. The first-order valence-corrected chi connectivity index (χ1v) is 11.2. The van der Waals surface area contributed by atoms with Crippen LogP contribution in [0, 0.1) is 5.92 Å². The fraction of sp³-hybridized carbons (Fsp3) is 0.440. The van der Waals surface area contributed by atoms with E-state index >= 15 is 0 Å². The van der Waals surface area contributed by atoms with Gasteiger partial charge in [0.2, 0.25) is 11.8 Å². The lowest BCUT2D eigenvalue weighted by atomic mass is 9.90. The molecular weight excluding hydrogens is 388 g/mol. The molecule has 1 aromatic carbocycles. The molecule has 1 aliphatic heterocycles. The van der Waals surface area contributed by atoms with Crippen LogP contribution < -0.4 is 10.2 Å². The molecule has 1 atom stereocenters. The van der Waals surface area contributed by atoms with E-state index in [2.05, 4.69) is 23.8 Å². The number of fused-ring (bicyclic) bond motifs is 1. The van der Waals surface area contributed by atoms with Crippen LogP contribution >= 0.6 is 0 Å².